The molecule has 0 saturated carbocycles. The molecular weight excluding hydrogens is 270 g/mol. The van der Waals surface area contributed by atoms with E-state index < -0.39 is 14.2 Å². The lowest BCUT2D eigenvalue weighted by atomic mass is 9.88. The van der Waals surface area contributed by atoms with E-state index in [1.807, 2.05) is 0 Å². The summed E-state index contributed by atoms with van der Waals surface area (Å²) in [6.45, 7) is 0. The van der Waals surface area contributed by atoms with Crippen molar-refractivity contribution in [3.05, 3.63) is 35.8 Å². The third-order valence-corrected chi connectivity index (χ3v) is 2.04. The van der Waals surface area contributed by atoms with Crippen molar-refractivity contribution >= 4 is 38.1 Å². The van der Waals surface area contributed by atoms with Crippen molar-refractivity contribution in [1.82, 2.24) is 0 Å². The molecule has 0 amide bonds. The van der Waals surface area contributed by atoms with Gasteiger partial charge in [0.15, 0.2) is 24.1 Å². The number of furan rings is 2. The lowest BCUT2D eigenvalue weighted by Gasteiger charge is -1.88. The molecule has 10 heteroatoms. The molecule has 2 heterocycles. The van der Waals surface area contributed by atoms with Gasteiger partial charge in [-0.3, -0.25) is 9.59 Å². The number of hydrogen-bond acceptors (Lipinski definition) is 8. The van der Waals surface area contributed by atoms with Crippen molar-refractivity contribution < 1.29 is 38.5 Å². The van der Waals surface area contributed by atoms with E-state index in [0.29, 0.717) is 12.6 Å². The van der Waals surface area contributed by atoms with E-state index in [2.05, 4.69) is 8.83 Å². The van der Waals surface area contributed by atoms with Crippen LogP contribution in [0.4, 0.5) is 0 Å². The standard InChI is InChI=1S/2C5H5BO4/c2*7-3-4-1-2-5(10-4)6(8)9/h2*1-3,8-9H. The topological polar surface area (TPSA) is 141 Å². The molecule has 0 spiro atoms. The number of carbonyl (C=O) groups is 2. The zero-order chi connectivity index (χ0) is 15.1. The second-order valence-electron chi connectivity index (χ2n) is 3.46. The van der Waals surface area contributed by atoms with Gasteiger partial charge >= 0.3 is 14.2 Å². The molecule has 0 aliphatic heterocycles. The van der Waals surface area contributed by atoms with Crippen molar-refractivity contribution in [2.45, 2.75) is 0 Å². The maximum atomic E-state index is 9.99. The number of hydrogen-bond donors (Lipinski definition) is 4. The molecule has 0 aliphatic carbocycles. The van der Waals surface area contributed by atoms with Gasteiger partial charge in [0.05, 0.1) is 0 Å². The average molecular weight is 280 g/mol. The lowest BCUT2D eigenvalue weighted by Crippen LogP contribution is -2.27. The van der Waals surface area contributed by atoms with Gasteiger partial charge in [-0.25, -0.2) is 0 Å². The molecule has 0 fully saturated rings. The maximum absolute atomic E-state index is 9.99. The van der Waals surface area contributed by atoms with Crippen molar-refractivity contribution in [2.24, 2.45) is 0 Å². The fourth-order valence-electron chi connectivity index (χ4n) is 1.14. The van der Waals surface area contributed by atoms with Crippen LogP contribution in [-0.2, 0) is 0 Å². The summed E-state index contributed by atoms with van der Waals surface area (Å²) in [6, 6.07) is 5.38. The Kier molecular flexibility index (Phi) is 5.94. The number of carbonyl (C=O) groups excluding carboxylic acids is 2. The smallest absolute Gasteiger partial charge is 0.462 e. The first-order valence-electron chi connectivity index (χ1n) is 5.30. The van der Waals surface area contributed by atoms with Gasteiger partial charge in [-0.2, -0.15) is 0 Å². The van der Waals surface area contributed by atoms with Gasteiger partial charge in [0, 0.05) is 0 Å². The Hall–Kier alpha value is -2.13. The monoisotopic (exact) mass is 280 g/mol. The fraction of sp³-hybridized carbons (Fsp3) is 0. The highest BCUT2D eigenvalue weighted by molar-refractivity contribution is 6.57. The van der Waals surface area contributed by atoms with E-state index in [0.717, 1.165) is 0 Å². The lowest BCUT2D eigenvalue weighted by molar-refractivity contribution is 0.109. The van der Waals surface area contributed by atoms with Crippen molar-refractivity contribution in [2.75, 3.05) is 0 Å². The Bertz CT molecular complexity index is 509. The number of rotatable bonds is 4. The minimum absolute atomic E-state index is 0.0258. The van der Waals surface area contributed by atoms with Crippen molar-refractivity contribution in [3.63, 3.8) is 0 Å². The predicted molar refractivity (Wildman–Crippen MR) is 67.8 cm³/mol. The van der Waals surface area contributed by atoms with Crippen LogP contribution in [0.5, 0.6) is 0 Å². The minimum atomic E-state index is -1.64. The zero-order valence-corrected chi connectivity index (χ0v) is 10.0. The molecule has 0 radical (unpaired) electrons. The van der Waals surface area contributed by atoms with Crippen LogP contribution in [0, 0.1) is 0 Å². The van der Waals surface area contributed by atoms with Crippen LogP contribution in [-0.4, -0.2) is 46.9 Å². The molecule has 104 valence electrons. The van der Waals surface area contributed by atoms with Gasteiger partial charge in [-0.05, 0) is 24.3 Å². The fourth-order valence-corrected chi connectivity index (χ4v) is 1.14. The van der Waals surface area contributed by atoms with Gasteiger partial charge in [-0.15, -0.1) is 0 Å². The molecular formula is C10H10B2O8. The predicted octanol–water partition coefficient (Wildman–Crippen LogP) is -2.46. The normalized spacial score (nSPS) is 9.40. The molecule has 0 bridgehead atoms. The summed E-state index contributed by atoms with van der Waals surface area (Å²) in [7, 11) is -3.29. The van der Waals surface area contributed by atoms with Crippen LogP contribution in [0.1, 0.15) is 21.1 Å². The first-order chi connectivity index (χ1) is 9.47. The van der Waals surface area contributed by atoms with Crippen LogP contribution < -0.4 is 11.3 Å². The third-order valence-electron chi connectivity index (χ3n) is 2.04. The van der Waals surface area contributed by atoms with Gasteiger partial charge < -0.3 is 28.9 Å². The third kappa shape index (κ3) is 4.52. The molecule has 0 unspecified atom stereocenters. The Morgan fingerprint density at radius 1 is 0.750 bits per heavy atom. The van der Waals surface area contributed by atoms with Crippen LogP contribution in [0.3, 0.4) is 0 Å². The summed E-state index contributed by atoms with van der Waals surface area (Å²) >= 11 is 0. The quantitative estimate of drug-likeness (QED) is 0.357. The van der Waals surface area contributed by atoms with Gasteiger partial charge in [-0.1, -0.05) is 0 Å². The molecule has 0 saturated heterocycles. The van der Waals surface area contributed by atoms with E-state index in [4.69, 9.17) is 20.1 Å². The van der Waals surface area contributed by atoms with Gasteiger partial charge in [0.25, 0.3) is 0 Å². The van der Waals surface area contributed by atoms with Gasteiger partial charge in [0.1, 0.15) is 11.3 Å². The largest absolute Gasteiger partial charge is 0.526 e. The van der Waals surface area contributed by atoms with E-state index >= 15 is 0 Å². The van der Waals surface area contributed by atoms with Crippen LogP contribution in [0.25, 0.3) is 0 Å². The molecule has 2 aromatic rings. The number of aldehydes is 2. The molecule has 2 rings (SSSR count). The van der Waals surface area contributed by atoms with Gasteiger partial charge in [0.2, 0.25) is 0 Å². The Morgan fingerprint density at radius 2 is 1.10 bits per heavy atom. The maximum Gasteiger partial charge on any atom is 0.526 e. The molecule has 0 aromatic carbocycles. The van der Waals surface area contributed by atoms with Crippen LogP contribution >= 0.6 is 0 Å². The second kappa shape index (κ2) is 7.46. The molecule has 0 atom stereocenters. The average Bonchev–Trinajstić information content (AvgIpc) is 3.08. The zero-order valence-electron chi connectivity index (χ0n) is 10.0. The molecule has 20 heavy (non-hydrogen) atoms. The SMILES string of the molecule is O=Cc1ccc(B(O)O)o1.O=Cc1ccc(B(O)O)o1. The Labute approximate surface area is 113 Å². The summed E-state index contributed by atoms with van der Waals surface area (Å²) in [6.07, 6.45) is 0.984. The van der Waals surface area contributed by atoms with Crippen LogP contribution in [0.2, 0.25) is 0 Å². The summed E-state index contributed by atoms with van der Waals surface area (Å²) in [5.74, 6) is 0.172. The summed E-state index contributed by atoms with van der Waals surface area (Å²) in [4.78, 5) is 20.0. The molecule has 2 aromatic heterocycles. The van der Waals surface area contributed by atoms with E-state index in [9.17, 15) is 9.59 Å². The van der Waals surface area contributed by atoms with E-state index in [1.54, 1.807) is 0 Å². The highest BCUT2D eigenvalue weighted by Gasteiger charge is 2.15. The molecule has 4 N–H and O–H groups in total. The molecule has 0 aliphatic rings. The summed E-state index contributed by atoms with van der Waals surface area (Å²) in [5, 5.41) is 33.9. The molecule has 8 nitrogen and oxygen atoms in total. The summed E-state index contributed by atoms with van der Waals surface area (Å²) < 4.78 is 9.25. The first kappa shape index (κ1) is 15.9. The minimum Gasteiger partial charge on any atom is -0.462 e. The Morgan fingerprint density at radius 3 is 1.25 bits per heavy atom. The Balaban J connectivity index is 0.000000200. The van der Waals surface area contributed by atoms with E-state index in [1.165, 1.54) is 24.3 Å². The van der Waals surface area contributed by atoms with Crippen molar-refractivity contribution in [3.8, 4) is 0 Å². The highest BCUT2D eigenvalue weighted by Crippen LogP contribution is 1.93. The van der Waals surface area contributed by atoms with Crippen molar-refractivity contribution in [1.29, 1.82) is 0 Å². The highest BCUT2D eigenvalue weighted by atomic mass is 16.4. The summed E-state index contributed by atoms with van der Waals surface area (Å²) in [5.41, 5.74) is -0.0517. The van der Waals surface area contributed by atoms with E-state index in [-0.39, 0.29) is 22.8 Å². The first-order valence-corrected chi connectivity index (χ1v) is 5.30. The van der Waals surface area contributed by atoms with Crippen LogP contribution in [0.15, 0.2) is 33.1 Å². The second-order valence-corrected chi connectivity index (χ2v) is 3.46.